The van der Waals surface area contributed by atoms with Gasteiger partial charge in [0, 0.05) is 44.2 Å². The summed E-state index contributed by atoms with van der Waals surface area (Å²) in [6.07, 6.45) is 30.5. The number of Topliss-reactive ketones (excluding diaryl/α,β-unsaturated/α-hetero) is 1. The monoisotopic (exact) mass is 814 g/mol. The average molecular weight is 814 g/mol. The predicted molar refractivity (Wildman–Crippen MR) is 238 cm³/mol. The standard InChI is InChI=1S/C46H87NO6S2/c1-6-10-14-17-18-19-27-35-45(50)52-42(39-54-36-28-15-11-7-2)32-25-20-23-30-41(48)31-24-21-26-33-43(40-55-37-29-16-12-8-3)53-46(51)38-47(5)44(49)34-22-13-9-4/h42-43H,6-40H2,1-5H3. The molecule has 0 spiro atoms. The third kappa shape index (κ3) is 36.8. The fraction of sp³-hybridized carbons (Fsp3) is 0.913. The highest BCUT2D eigenvalue weighted by Gasteiger charge is 2.19. The highest BCUT2D eigenvalue weighted by Crippen LogP contribution is 2.20. The Balaban J connectivity index is 4.52. The largest absolute Gasteiger partial charge is 0.461 e. The number of amides is 1. The first-order chi connectivity index (χ1) is 26.8. The molecular formula is C46H87NO6S2. The molecule has 0 radical (unpaired) electrons. The van der Waals surface area contributed by atoms with Crippen molar-refractivity contribution in [2.24, 2.45) is 0 Å². The lowest BCUT2D eigenvalue weighted by molar-refractivity contribution is -0.152. The first-order valence-corrected chi connectivity index (χ1v) is 25.4. The van der Waals surface area contributed by atoms with Crippen molar-refractivity contribution < 1.29 is 28.7 Å². The summed E-state index contributed by atoms with van der Waals surface area (Å²) in [6, 6.07) is 0. The van der Waals surface area contributed by atoms with E-state index in [1.54, 1.807) is 7.05 Å². The first kappa shape index (κ1) is 53.8. The van der Waals surface area contributed by atoms with Crippen LogP contribution in [0.1, 0.15) is 220 Å². The van der Waals surface area contributed by atoms with Crippen LogP contribution in [0.3, 0.4) is 0 Å². The van der Waals surface area contributed by atoms with Crippen molar-refractivity contribution in [3.8, 4) is 0 Å². The molecule has 1 amide bonds. The molecule has 0 fully saturated rings. The third-order valence-corrected chi connectivity index (χ3v) is 12.6. The summed E-state index contributed by atoms with van der Waals surface area (Å²) in [5.41, 5.74) is 0. The Labute approximate surface area is 348 Å². The molecule has 0 N–H and O–H groups in total. The second-order valence-electron chi connectivity index (χ2n) is 15.8. The molecule has 0 aromatic heterocycles. The molecule has 0 saturated heterocycles. The van der Waals surface area contributed by atoms with Gasteiger partial charge in [-0.05, 0) is 75.7 Å². The van der Waals surface area contributed by atoms with Gasteiger partial charge in [0.1, 0.15) is 24.5 Å². The van der Waals surface area contributed by atoms with Crippen LogP contribution in [0, 0.1) is 0 Å². The highest BCUT2D eigenvalue weighted by atomic mass is 32.2. The van der Waals surface area contributed by atoms with E-state index < -0.39 is 0 Å². The molecule has 7 nitrogen and oxygen atoms in total. The fourth-order valence-corrected chi connectivity index (χ4v) is 8.75. The molecule has 0 aromatic carbocycles. The van der Waals surface area contributed by atoms with E-state index in [4.69, 9.17) is 9.47 Å². The molecule has 2 atom stereocenters. The number of thioether (sulfide) groups is 2. The van der Waals surface area contributed by atoms with Gasteiger partial charge in [0.15, 0.2) is 0 Å². The number of likely N-dealkylation sites (N-methyl/N-ethyl adjacent to an activating group) is 1. The number of hydrogen-bond donors (Lipinski definition) is 0. The van der Waals surface area contributed by atoms with Gasteiger partial charge in [0.2, 0.25) is 5.91 Å². The van der Waals surface area contributed by atoms with E-state index in [0.29, 0.717) is 31.5 Å². The SMILES string of the molecule is CCCCCCCCCC(=O)OC(CCCCCC(=O)CCCCCC(CSCCCCCC)OC(=O)CN(C)C(=O)CCCCC)CSCCCCCC. The molecule has 0 rings (SSSR count). The molecule has 2 unspecified atom stereocenters. The smallest absolute Gasteiger partial charge is 0.325 e. The Morgan fingerprint density at radius 3 is 1.35 bits per heavy atom. The minimum atomic E-state index is -0.327. The number of ether oxygens (including phenoxy) is 2. The summed E-state index contributed by atoms with van der Waals surface area (Å²) in [5, 5.41) is 0. The van der Waals surface area contributed by atoms with Crippen LogP contribution in [0.15, 0.2) is 0 Å². The van der Waals surface area contributed by atoms with Gasteiger partial charge in [0.05, 0.1) is 0 Å². The van der Waals surface area contributed by atoms with E-state index in [1.807, 2.05) is 23.5 Å². The molecule has 0 saturated carbocycles. The van der Waals surface area contributed by atoms with Crippen molar-refractivity contribution in [2.45, 2.75) is 233 Å². The van der Waals surface area contributed by atoms with Gasteiger partial charge in [-0.2, -0.15) is 23.5 Å². The highest BCUT2D eigenvalue weighted by molar-refractivity contribution is 7.99. The summed E-state index contributed by atoms with van der Waals surface area (Å²) < 4.78 is 11.9. The maximum absolute atomic E-state index is 12.8. The predicted octanol–water partition coefficient (Wildman–Crippen LogP) is 13.1. The molecule has 9 heteroatoms. The number of carbonyl (C=O) groups excluding carboxylic acids is 4. The van der Waals surface area contributed by atoms with Crippen LogP contribution < -0.4 is 0 Å². The summed E-state index contributed by atoms with van der Waals surface area (Å²) in [7, 11) is 1.69. The minimum absolute atomic E-state index is 0.000325. The number of unbranched alkanes of at least 4 members (excludes halogenated alkanes) is 18. The van der Waals surface area contributed by atoms with Crippen molar-refractivity contribution in [1.82, 2.24) is 4.90 Å². The summed E-state index contributed by atoms with van der Waals surface area (Å²) in [6.45, 7) is 8.80. The van der Waals surface area contributed by atoms with E-state index in [1.165, 1.54) is 88.4 Å². The Bertz CT molecular complexity index is 919. The van der Waals surface area contributed by atoms with Crippen LogP contribution in [0.5, 0.6) is 0 Å². The lowest BCUT2D eigenvalue weighted by Crippen LogP contribution is -2.35. The molecule has 0 aliphatic carbocycles. The molecule has 324 valence electrons. The lowest BCUT2D eigenvalue weighted by Gasteiger charge is -2.21. The van der Waals surface area contributed by atoms with E-state index in [2.05, 4.69) is 27.7 Å². The van der Waals surface area contributed by atoms with Crippen molar-refractivity contribution >= 4 is 47.2 Å². The van der Waals surface area contributed by atoms with E-state index in [9.17, 15) is 19.2 Å². The van der Waals surface area contributed by atoms with Crippen LogP contribution in [0.25, 0.3) is 0 Å². The molecule has 0 aliphatic heterocycles. The maximum atomic E-state index is 12.8. The zero-order valence-electron chi connectivity index (χ0n) is 36.6. The zero-order chi connectivity index (χ0) is 40.6. The summed E-state index contributed by atoms with van der Waals surface area (Å²) in [4.78, 5) is 52.0. The average Bonchev–Trinajstić information content (AvgIpc) is 3.16. The number of ketones is 1. The quantitative estimate of drug-likeness (QED) is 0.0445. The molecule has 0 aliphatic rings. The molecule has 0 aromatic rings. The second-order valence-corrected chi connectivity index (χ2v) is 18.1. The number of carbonyl (C=O) groups is 4. The second kappa shape index (κ2) is 41.0. The van der Waals surface area contributed by atoms with Crippen LogP contribution in [-0.4, -0.2) is 77.3 Å². The van der Waals surface area contributed by atoms with Gasteiger partial charge in [-0.15, -0.1) is 0 Å². The van der Waals surface area contributed by atoms with Gasteiger partial charge in [-0.1, -0.05) is 130 Å². The maximum Gasteiger partial charge on any atom is 0.325 e. The Morgan fingerprint density at radius 1 is 0.455 bits per heavy atom. The Hall–Kier alpha value is -1.22. The summed E-state index contributed by atoms with van der Waals surface area (Å²) >= 11 is 3.78. The van der Waals surface area contributed by atoms with Gasteiger partial charge >= 0.3 is 11.9 Å². The molecule has 0 heterocycles. The Kier molecular flexibility index (Phi) is 40.0. The van der Waals surface area contributed by atoms with E-state index in [0.717, 1.165) is 106 Å². The summed E-state index contributed by atoms with van der Waals surface area (Å²) in [5.74, 6) is 3.82. The first-order valence-electron chi connectivity index (χ1n) is 23.1. The number of hydrogen-bond acceptors (Lipinski definition) is 8. The molecule has 55 heavy (non-hydrogen) atoms. The van der Waals surface area contributed by atoms with Crippen molar-refractivity contribution in [1.29, 1.82) is 0 Å². The molecular weight excluding hydrogens is 727 g/mol. The number of rotatable bonds is 42. The Morgan fingerprint density at radius 2 is 0.836 bits per heavy atom. The van der Waals surface area contributed by atoms with Crippen LogP contribution in [0.4, 0.5) is 0 Å². The lowest BCUT2D eigenvalue weighted by atomic mass is 10.0. The third-order valence-electron chi connectivity index (χ3n) is 10.2. The van der Waals surface area contributed by atoms with Gasteiger partial charge in [-0.25, -0.2) is 0 Å². The van der Waals surface area contributed by atoms with Crippen LogP contribution in [0.2, 0.25) is 0 Å². The zero-order valence-corrected chi connectivity index (χ0v) is 38.2. The van der Waals surface area contributed by atoms with Crippen molar-refractivity contribution in [3.63, 3.8) is 0 Å². The van der Waals surface area contributed by atoms with Crippen molar-refractivity contribution in [2.75, 3.05) is 36.6 Å². The van der Waals surface area contributed by atoms with E-state index >= 15 is 0 Å². The van der Waals surface area contributed by atoms with Crippen molar-refractivity contribution in [3.05, 3.63) is 0 Å². The van der Waals surface area contributed by atoms with Gasteiger partial charge in [-0.3, -0.25) is 19.2 Å². The minimum Gasteiger partial charge on any atom is -0.461 e. The van der Waals surface area contributed by atoms with Gasteiger partial charge < -0.3 is 14.4 Å². The van der Waals surface area contributed by atoms with Gasteiger partial charge in [0.25, 0.3) is 0 Å². The van der Waals surface area contributed by atoms with Crippen LogP contribution in [-0.2, 0) is 28.7 Å². The number of esters is 2. The van der Waals surface area contributed by atoms with E-state index in [-0.39, 0.29) is 36.6 Å². The topological polar surface area (TPSA) is 90.0 Å². The van der Waals surface area contributed by atoms with Crippen LogP contribution >= 0.6 is 23.5 Å². The number of nitrogens with zero attached hydrogens (tertiary/aromatic N) is 1. The normalized spacial score (nSPS) is 12.4. The molecule has 0 bridgehead atoms. The fourth-order valence-electron chi connectivity index (χ4n) is 6.60.